The van der Waals surface area contributed by atoms with Gasteiger partial charge in [0.05, 0.1) is 22.4 Å². The first-order chi connectivity index (χ1) is 12.9. The first kappa shape index (κ1) is 18.8. The van der Waals surface area contributed by atoms with Crippen LogP contribution in [0.5, 0.6) is 0 Å². The topological polar surface area (TPSA) is 79.4 Å². The third kappa shape index (κ3) is 4.02. The summed E-state index contributed by atoms with van der Waals surface area (Å²) in [6.45, 7) is 0.496. The summed E-state index contributed by atoms with van der Waals surface area (Å²) in [5, 5.41) is 3.30. The minimum absolute atomic E-state index is 0.0306. The number of sulfone groups is 1. The van der Waals surface area contributed by atoms with E-state index in [1.54, 1.807) is 22.9 Å². The van der Waals surface area contributed by atoms with Gasteiger partial charge in [-0.1, -0.05) is 6.08 Å². The molecule has 1 aliphatic carbocycles. The van der Waals surface area contributed by atoms with Gasteiger partial charge in [0.2, 0.25) is 0 Å². The van der Waals surface area contributed by atoms with Crippen molar-refractivity contribution in [3.05, 3.63) is 46.8 Å². The third-order valence-corrected chi connectivity index (χ3v) is 7.83. The van der Waals surface area contributed by atoms with Crippen molar-refractivity contribution in [3.8, 4) is 0 Å². The van der Waals surface area contributed by atoms with Gasteiger partial charge in [-0.05, 0) is 24.1 Å². The van der Waals surface area contributed by atoms with Gasteiger partial charge in [0.25, 0.3) is 5.91 Å². The standard InChI is InChI=1S/C18H20ClN3O3S2/c19-12-2-1-3-13(8-12)21-17-16-11-26-10-15(16)14(9-20-17)18(23)22-4-6-27(24,25)7-5-22/h1,3,8-9,12H,2,4-7,10-11H2,(H,20,21). The van der Waals surface area contributed by atoms with Crippen molar-refractivity contribution in [1.82, 2.24) is 9.88 Å². The number of nitrogens with one attached hydrogen (secondary N) is 1. The van der Waals surface area contributed by atoms with Gasteiger partial charge in [0.1, 0.15) is 5.82 Å². The Kier molecular flexibility index (Phi) is 5.22. The molecular weight excluding hydrogens is 406 g/mol. The molecule has 1 aromatic rings. The average Bonchev–Trinajstić information content (AvgIpc) is 3.12. The normalized spacial score (nSPS) is 23.7. The predicted molar refractivity (Wildman–Crippen MR) is 109 cm³/mol. The molecule has 1 amide bonds. The summed E-state index contributed by atoms with van der Waals surface area (Å²) in [6.07, 6.45) is 8.40. The van der Waals surface area contributed by atoms with E-state index in [9.17, 15) is 13.2 Å². The molecule has 9 heteroatoms. The number of nitrogens with zero attached hydrogens (tertiary/aromatic N) is 2. The molecule has 2 aliphatic heterocycles. The number of amides is 1. The molecule has 1 aromatic heterocycles. The zero-order valence-electron chi connectivity index (χ0n) is 14.7. The molecule has 27 heavy (non-hydrogen) atoms. The summed E-state index contributed by atoms with van der Waals surface area (Å²) in [6, 6.07) is 0. The van der Waals surface area contributed by atoms with Crippen LogP contribution in [0.4, 0.5) is 5.82 Å². The molecule has 144 valence electrons. The summed E-state index contributed by atoms with van der Waals surface area (Å²) < 4.78 is 23.2. The highest BCUT2D eigenvalue weighted by Gasteiger charge is 2.30. The Bertz CT molecular complexity index is 929. The molecule has 1 N–H and O–H groups in total. The minimum Gasteiger partial charge on any atom is -0.340 e. The van der Waals surface area contributed by atoms with E-state index in [1.165, 1.54) is 0 Å². The van der Waals surface area contributed by atoms with Crippen molar-refractivity contribution < 1.29 is 13.2 Å². The fourth-order valence-corrected chi connectivity index (χ4v) is 6.00. The number of alkyl halides is 1. The van der Waals surface area contributed by atoms with Crippen LogP contribution in [-0.4, -0.2) is 54.2 Å². The number of thioether (sulfide) groups is 1. The maximum atomic E-state index is 12.9. The summed E-state index contributed by atoms with van der Waals surface area (Å²) in [7, 11) is -3.02. The van der Waals surface area contributed by atoms with E-state index >= 15 is 0 Å². The van der Waals surface area contributed by atoms with Gasteiger partial charge < -0.3 is 10.2 Å². The van der Waals surface area contributed by atoms with Crippen LogP contribution in [0.2, 0.25) is 0 Å². The molecule has 1 unspecified atom stereocenters. The van der Waals surface area contributed by atoms with E-state index in [0.717, 1.165) is 40.6 Å². The summed E-state index contributed by atoms with van der Waals surface area (Å²) in [4.78, 5) is 19.1. The minimum atomic E-state index is -3.02. The lowest BCUT2D eigenvalue weighted by atomic mass is 10.0. The number of rotatable bonds is 3. The molecule has 0 saturated carbocycles. The third-order valence-electron chi connectivity index (χ3n) is 4.93. The van der Waals surface area contributed by atoms with E-state index in [1.807, 2.05) is 18.2 Å². The number of allylic oxidation sites excluding steroid dienone is 3. The average molecular weight is 426 g/mol. The highest BCUT2D eigenvalue weighted by atomic mass is 35.5. The number of carbonyl (C=O) groups is 1. The molecule has 1 fully saturated rings. The van der Waals surface area contributed by atoms with E-state index < -0.39 is 9.84 Å². The number of pyridine rings is 1. The molecule has 1 atom stereocenters. The number of anilines is 1. The smallest absolute Gasteiger partial charge is 0.255 e. The number of hydrogen-bond donors (Lipinski definition) is 1. The molecule has 6 nitrogen and oxygen atoms in total. The number of carbonyl (C=O) groups excluding carboxylic acids is 1. The maximum absolute atomic E-state index is 12.9. The fraction of sp³-hybridized carbons (Fsp3) is 0.444. The predicted octanol–water partition coefficient (Wildman–Crippen LogP) is 2.56. The SMILES string of the molecule is O=C(c1cnc(NC2=CC(Cl)CC=C2)c2c1CSC2)N1CCS(=O)(=O)CC1. The quantitative estimate of drug-likeness (QED) is 0.750. The first-order valence-electron chi connectivity index (χ1n) is 8.80. The summed E-state index contributed by atoms with van der Waals surface area (Å²) >= 11 is 7.93. The summed E-state index contributed by atoms with van der Waals surface area (Å²) in [5.74, 6) is 2.25. The Balaban J connectivity index is 1.58. The Labute approximate surface area is 168 Å². The lowest BCUT2D eigenvalue weighted by Gasteiger charge is -2.27. The van der Waals surface area contributed by atoms with Crippen molar-refractivity contribution in [1.29, 1.82) is 0 Å². The van der Waals surface area contributed by atoms with E-state index in [4.69, 9.17) is 11.6 Å². The molecule has 1 saturated heterocycles. The zero-order valence-corrected chi connectivity index (χ0v) is 17.0. The van der Waals surface area contributed by atoms with Gasteiger partial charge in [-0.25, -0.2) is 13.4 Å². The first-order valence-corrected chi connectivity index (χ1v) is 12.2. The van der Waals surface area contributed by atoms with Crippen LogP contribution in [0.15, 0.2) is 30.1 Å². The molecule has 3 aliphatic rings. The Morgan fingerprint density at radius 2 is 2.00 bits per heavy atom. The molecule has 0 radical (unpaired) electrons. The second kappa shape index (κ2) is 7.48. The molecule has 0 aromatic carbocycles. The second-order valence-corrected chi connectivity index (χ2v) is 10.7. The van der Waals surface area contributed by atoms with Gasteiger partial charge in [0.15, 0.2) is 9.84 Å². The lowest BCUT2D eigenvalue weighted by molar-refractivity contribution is 0.0769. The monoisotopic (exact) mass is 425 g/mol. The molecular formula is C18H20ClN3O3S2. The van der Waals surface area contributed by atoms with Gasteiger partial charge in [-0.15, -0.1) is 11.6 Å². The van der Waals surface area contributed by atoms with E-state index in [0.29, 0.717) is 5.56 Å². The van der Waals surface area contributed by atoms with Crippen LogP contribution >= 0.6 is 23.4 Å². The Morgan fingerprint density at radius 3 is 2.74 bits per heavy atom. The highest BCUT2D eigenvalue weighted by molar-refractivity contribution is 7.98. The van der Waals surface area contributed by atoms with Crippen LogP contribution in [-0.2, 0) is 21.3 Å². The van der Waals surface area contributed by atoms with E-state index in [-0.39, 0.29) is 35.9 Å². The molecule has 4 rings (SSSR count). The zero-order chi connectivity index (χ0) is 19.0. The lowest BCUT2D eigenvalue weighted by Crippen LogP contribution is -2.44. The number of aromatic nitrogens is 1. The largest absolute Gasteiger partial charge is 0.340 e. The number of fused-ring (bicyclic) bond motifs is 1. The Hall–Kier alpha value is -1.51. The maximum Gasteiger partial charge on any atom is 0.255 e. The number of halogens is 1. The van der Waals surface area contributed by atoms with Crippen molar-refractivity contribution in [2.45, 2.75) is 23.3 Å². The summed E-state index contributed by atoms with van der Waals surface area (Å²) in [5.41, 5.74) is 3.54. The van der Waals surface area contributed by atoms with Crippen LogP contribution in [0.3, 0.4) is 0 Å². The van der Waals surface area contributed by atoms with Gasteiger partial charge in [0, 0.05) is 42.1 Å². The second-order valence-electron chi connectivity index (χ2n) is 6.82. The molecule has 0 spiro atoms. The molecule has 0 bridgehead atoms. The van der Waals surface area contributed by atoms with Crippen molar-refractivity contribution in [3.63, 3.8) is 0 Å². The number of hydrogen-bond acceptors (Lipinski definition) is 6. The van der Waals surface area contributed by atoms with Crippen LogP contribution in [0.25, 0.3) is 0 Å². The molecule has 3 heterocycles. The van der Waals surface area contributed by atoms with Crippen LogP contribution in [0, 0.1) is 0 Å². The highest BCUT2D eigenvalue weighted by Crippen LogP contribution is 2.37. The van der Waals surface area contributed by atoms with Gasteiger partial charge in [-0.2, -0.15) is 11.8 Å². The van der Waals surface area contributed by atoms with Crippen molar-refractivity contribution >= 4 is 44.9 Å². The van der Waals surface area contributed by atoms with Gasteiger partial charge >= 0.3 is 0 Å². The van der Waals surface area contributed by atoms with E-state index in [2.05, 4.69) is 10.3 Å². The van der Waals surface area contributed by atoms with Crippen LogP contribution < -0.4 is 5.32 Å². The Morgan fingerprint density at radius 1 is 1.26 bits per heavy atom. The van der Waals surface area contributed by atoms with Crippen molar-refractivity contribution in [2.75, 3.05) is 29.9 Å². The van der Waals surface area contributed by atoms with Crippen molar-refractivity contribution in [2.24, 2.45) is 0 Å². The fourth-order valence-electron chi connectivity index (χ4n) is 3.41. The van der Waals surface area contributed by atoms with Gasteiger partial charge in [-0.3, -0.25) is 4.79 Å². The van der Waals surface area contributed by atoms with Crippen LogP contribution in [0.1, 0.15) is 27.9 Å².